The second kappa shape index (κ2) is 5.45. The molecule has 0 aliphatic rings. The average molecular weight is 226 g/mol. The fraction of sp³-hybridized carbons (Fsp3) is 0.667. The lowest BCUT2D eigenvalue weighted by Gasteiger charge is -2.25. The van der Waals surface area contributed by atoms with Gasteiger partial charge in [0.25, 0.3) is 0 Å². The van der Waals surface area contributed by atoms with Crippen LogP contribution < -0.4 is 20.9 Å². The summed E-state index contributed by atoms with van der Waals surface area (Å²) in [6.07, 6.45) is 0. The number of hydrogen-bond donors (Lipinski definition) is 2. The molecule has 7 nitrogen and oxygen atoms in total. The number of methoxy groups -OCH3 is 1. The number of anilines is 2. The summed E-state index contributed by atoms with van der Waals surface area (Å²) in [7, 11) is 1.51. The van der Waals surface area contributed by atoms with Gasteiger partial charge in [-0.15, -0.1) is 0 Å². The Kier molecular flexibility index (Phi) is 4.24. The molecule has 0 aliphatic heterocycles. The highest BCUT2D eigenvalue weighted by Crippen LogP contribution is 2.15. The van der Waals surface area contributed by atoms with Gasteiger partial charge in [-0.3, -0.25) is 5.43 Å². The molecular formula is C9H18N6O. The van der Waals surface area contributed by atoms with E-state index in [1.165, 1.54) is 7.11 Å². The van der Waals surface area contributed by atoms with Crippen molar-refractivity contribution in [1.29, 1.82) is 0 Å². The minimum Gasteiger partial charge on any atom is -0.467 e. The van der Waals surface area contributed by atoms with Crippen LogP contribution in [0, 0.1) is 0 Å². The number of nitrogens with one attached hydrogen (secondary N) is 1. The Morgan fingerprint density at radius 2 is 2.06 bits per heavy atom. The Hall–Kier alpha value is -1.63. The van der Waals surface area contributed by atoms with Crippen molar-refractivity contribution in [3.8, 4) is 6.01 Å². The van der Waals surface area contributed by atoms with Crippen molar-refractivity contribution >= 4 is 11.9 Å². The SMILES string of the molecule is CCN(c1nc(NN)nc(OC)n1)C(C)C. The number of ether oxygens (including phenoxy) is 1. The van der Waals surface area contributed by atoms with E-state index in [9.17, 15) is 0 Å². The predicted molar refractivity (Wildman–Crippen MR) is 62.3 cm³/mol. The van der Waals surface area contributed by atoms with Gasteiger partial charge in [0.1, 0.15) is 0 Å². The van der Waals surface area contributed by atoms with E-state index in [0.29, 0.717) is 17.9 Å². The molecular weight excluding hydrogens is 208 g/mol. The third-order valence-electron chi connectivity index (χ3n) is 2.14. The van der Waals surface area contributed by atoms with Crippen LogP contribution in [0.3, 0.4) is 0 Å². The maximum atomic E-state index is 5.28. The molecule has 0 bridgehead atoms. The van der Waals surface area contributed by atoms with Crippen molar-refractivity contribution in [1.82, 2.24) is 15.0 Å². The zero-order chi connectivity index (χ0) is 12.1. The molecule has 16 heavy (non-hydrogen) atoms. The molecule has 90 valence electrons. The molecule has 7 heteroatoms. The monoisotopic (exact) mass is 226 g/mol. The highest BCUT2D eigenvalue weighted by Gasteiger charge is 2.14. The molecule has 0 unspecified atom stereocenters. The minimum absolute atomic E-state index is 0.247. The lowest BCUT2D eigenvalue weighted by atomic mass is 10.3. The molecule has 0 radical (unpaired) electrons. The molecule has 0 saturated heterocycles. The van der Waals surface area contributed by atoms with E-state index in [1.807, 2.05) is 11.8 Å². The second-order valence-electron chi connectivity index (χ2n) is 3.47. The summed E-state index contributed by atoms with van der Waals surface area (Å²) in [5.74, 6) is 6.13. The van der Waals surface area contributed by atoms with Gasteiger partial charge in [-0.1, -0.05) is 0 Å². The Labute approximate surface area is 95.0 Å². The molecule has 1 rings (SSSR count). The molecule has 1 aromatic heterocycles. The van der Waals surface area contributed by atoms with Gasteiger partial charge >= 0.3 is 6.01 Å². The molecule has 0 atom stereocenters. The number of hydrogen-bond acceptors (Lipinski definition) is 7. The van der Waals surface area contributed by atoms with Crippen molar-refractivity contribution in [2.75, 3.05) is 24.0 Å². The molecule has 0 aromatic carbocycles. The van der Waals surface area contributed by atoms with Gasteiger partial charge in [0.05, 0.1) is 7.11 Å². The third kappa shape index (κ3) is 2.69. The summed E-state index contributed by atoms with van der Waals surface area (Å²) in [5.41, 5.74) is 2.39. The fourth-order valence-corrected chi connectivity index (χ4v) is 1.37. The standard InChI is InChI=1S/C9H18N6O/c1-5-15(6(2)3)8-11-7(14-10)12-9(13-8)16-4/h6H,5,10H2,1-4H3,(H,11,12,13,14). The number of nitrogen functional groups attached to an aromatic ring is 1. The van der Waals surface area contributed by atoms with Crippen molar-refractivity contribution in [2.24, 2.45) is 5.84 Å². The van der Waals surface area contributed by atoms with E-state index >= 15 is 0 Å². The van der Waals surface area contributed by atoms with Crippen LogP contribution in [0.1, 0.15) is 20.8 Å². The molecule has 0 saturated carbocycles. The van der Waals surface area contributed by atoms with Crippen molar-refractivity contribution in [3.05, 3.63) is 0 Å². The van der Waals surface area contributed by atoms with Crippen LogP contribution in [-0.4, -0.2) is 34.6 Å². The highest BCUT2D eigenvalue weighted by molar-refractivity contribution is 5.38. The van der Waals surface area contributed by atoms with Crippen LogP contribution in [0.2, 0.25) is 0 Å². The van der Waals surface area contributed by atoms with Crippen LogP contribution in [0.5, 0.6) is 6.01 Å². The van der Waals surface area contributed by atoms with Crippen LogP contribution in [0.25, 0.3) is 0 Å². The van der Waals surface area contributed by atoms with Crippen LogP contribution in [-0.2, 0) is 0 Å². The minimum atomic E-state index is 0.247. The molecule has 0 fully saturated rings. The maximum absolute atomic E-state index is 5.28. The van der Waals surface area contributed by atoms with Gasteiger partial charge in [0.15, 0.2) is 0 Å². The van der Waals surface area contributed by atoms with Gasteiger partial charge in [-0.2, -0.15) is 15.0 Å². The quantitative estimate of drug-likeness (QED) is 0.555. The first-order valence-corrected chi connectivity index (χ1v) is 5.15. The average Bonchev–Trinajstić information content (AvgIpc) is 2.29. The van der Waals surface area contributed by atoms with Crippen molar-refractivity contribution < 1.29 is 4.74 Å². The van der Waals surface area contributed by atoms with Crippen LogP contribution in [0.4, 0.5) is 11.9 Å². The van der Waals surface area contributed by atoms with E-state index in [4.69, 9.17) is 10.6 Å². The van der Waals surface area contributed by atoms with E-state index in [0.717, 1.165) is 6.54 Å². The lowest BCUT2D eigenvalue weighted by molar-refractivity contribution is 0.378. The number of nitrogens with zero attached hydrogens (tertiary/aromatic N) is 4. The summed E-state index contributed by atoms with van der Waals surface area (Å²) in [6, 6.07) is 0.541. The van der Waals surface area contributed by atoms with E-state index in [2.05, 4.69) is 34.2 Å². The summed E-state index contributed by atoms with van der Waals surface area (Å²) in [4.78, 5) is 14.3. The number of aromatic nitrogens is 3. The summed E-state index contributed by atoms with van der Waals surface area (Å²) in [6.45, 7) is 6.96. The van der Waals surface area contributed by atoms with Crippen molar-refractivity contribution in [3.63, 3.8) is 0 Å². The Balaban J connectivity index is 3.10. The first kappa shape index (κ1) is 12.4. The molecule has 0 spiro atoms. The van der Waals surface area contributed by atoms with Crippen molar-refractivity contribution in [2.45, 2.75) is 26.8 Å². The van der Waals surface area contributed by atoms with E-state index in [1.54, 1.807) is 0 Å². The Bertz CT molecular complexity index is 321. The molecule has 3 N–H and O–H groups in total. The van der Waals surface area contributed by atoms with Crippen LogP contribution >= 0.6 is 0 Å². The fourth-order valence-electron chi connectivity index (χ4n) is 1.37. The van der Waals surface area contributed by atoms with Gasteiger partial charge < -0.3 is 9.64 Å². The normalized spacial score (nSPS) is 10.4. The first-order valence-electron chi connectivity index (χ1n) is 5.15. The lowest BCUT2D eigenvalue weighted by Crippen LogP contribution is -2.32. The zero-order valence-electron chi connectivity index (χ0n) is 10.1. The Morgan fingerprint density at radius 3 is 2.50 bits per heavy atom. The van der Waals surface area contributed by atoms with Crippen LogP contribution in [0.15, 0.2) is 0 Å². The molecule has 1 heterocycles. The number of hydrazine groups is 1. The highest BCUT2D eigenvalue weighted by atomic mass is 16.5. The zero-order valence-corrected chi connectivity index (χ0v) is 10.1. The van der Waals surface area contributed by atoms with Gasteiger partial charge in [0, 0.05) is 12.6 Å². The third-order valence-corrected chi connectivity index (χ3v) is 2.14. The summed E-state index contributed by atoms with van der Waals surface area (Å²) in [5, 5.41) is 0. The maximum Gasteiger partial charge on any atom is 0.322 e. The first-order chi connectivity index (χ1) is 7.62. The molecule has 1 aromatic rings. The summed E-state index contributed by atoms with van der Waals surface area (Å²) >= 11 is 0. The van der Waals surface area contributed by atoms with Gasteiger partial charge in [-0.25, -0.2) is 5.84 Å². The largest absolute Gasteiger partial charge is 0.467 e. The smallest absolute Gasteiger partial charge is 0.322 e. The number of rotatable bonds is 5. The Morgan fingerprint density at radius 1 is 1.38 bits per heavy atom. The number of nitrogens with two attached hydrogens (primary N) is 1. The predicted octanol–water partition coefficient (Wildman–Crippen LogP) is 0.400. The van der Waals surface area contributed by atoms with E-state index in [-0.39, 0.29) is 6.01 Å². The van der Waals surface area contributed by atoms with E-state index < -0.39 is 0 Å². The van der Waals surface area contributed by atoms with Gasteiger partial charge in [0.2, 0.25) is 11.9 Å². The second-order valence-corrected chi connectivity index (χ2v) is 3.47. The molecule has 0 aliphatic carbocycles. The molecule has 0 amide bonds. The summed E-state index contributed by atoms with van der Waals surface area (Å²) < 4.78 is 4.99. The van der Waals surface area contributed by atoms with Gasteiger partial charge in [-0.05, 0) is 20.8 Å². The topological polar surface area (TPSA) is 89.2 Å².